The molecule has 4 heteroatoms. The molecule has 0 aliphatic heterocycles. The Bertz CT molecular complexity index is 609. The van der Waals surface area contributed by atoms with Crippen molar-refractivity contribution in [3.05, 3.63) is 0 Å². The van der Waals surface area contributed by atoms with E-state index in [2.05, 4.69) is 53.1 Å². The van der Waals surface area contributed by atoms with Crippen LogP contribution in [0.5, 0.6) is 0 Å². The fourth-order valence-corrected chi connectivity index (χ4v) is 10.8. The first-order valence-corrected chi connectivity index (χ1v) is 19.5. The van der Waals surface area contributed by atoms with Gasteiger partial charge in [-0.25, -0.2) is 0 Å². The Morgan fingerprint density at radius 3 is 2.14 bits per heavy atom. The van der Waals surface area contributed by atoms with E-state index < -0.39 is 16.6 Å². The minimum atomic E-state index is -1.55. The zero-order chi connectivity index (χ0) is 21.2. The lowest BCUT2D eigenvalue weighted by molar-refractivity contribution is -0.165. The minimum absolute atomic E-state index is 0.469. The van der Waals surface area contributed by atoms with Gasteiger partial charge in [-0.2, -0.15) is 0 Å². The van der Waals surface area contributed by atoms with Crippen molar-refractivity contribution in [3.8, 4) is 0 Å². The smallest absolute Gasteiger partial charge is 0.184 e. The van der Waals surface area contributed by atoms with E-state index >= 15 is 0 Å². The summed E-state index contributed by atoms with van der Waals surface area (Å²) in [6.07, 6.45) is 13.6. The summed E-state index contributed by atoms with van der Waals surface area (Å²) in [5.74, 6) is 3.50. The van der Waals surface area contributed by atoms with Crippen molar-refractivity contribution in [1.82, 2.24) is 0 Å². The lowest BCUT2D eigenvalue weighted by Crippen LogP contribution is -2.60. The summed E-state index contributed by atoms with van der Waals surface area (Å²) in [6, 6.07) is 0. The van der Waals surface area contributed by atoms with Crippen LogP contribution in [-0.2, 0) is 8.85 Å². The molecule has 0 aromatic rings. The summed E-state index contributed by atoms with van der Waals surface area (Å²) < 4.78 is 13.7. The standard InChI is InChI=1S/C25H48O2Si2/c1-24-14-9-10-21(24)20-12-11-18-16-19(26-28(3,4)5)13-15-25(18,2)23(20)22(17-24)27-29(6,7)8/h18-23H,9-17H2,1-8H3/t18?,19?,20-,21-,22?,23+,24-,25-/m0/s1. The van der Waals surface area contributed by atoms with Gasteiger partial charge in [-0.15, -0.1) is 0 Å². The quantitative estimate of drug-likeness (QED) is 0.425. The SMILES string of the molecule is C[C@@]12CCC[C@H]1[C@@H]1CCC3CC(O[Si](C)(C)C)CC[C@]3(C)[C@H]1C(O[Si](C)(C)C)C2. The summed E-state index contributed by atoms with van der Waals surface area (Å²) in [4.78, 5) is 0. The molecule has 168 valence electrons. The normalized spacial score (nSPS) is 48.0. The van der Waals surface area contributed by atoms with Crippen LogP contribution in [0, 0.1) is 34.5 Å². The topological polar surface area (TPSA) is 18.5 Å². The summed E-state index contributed by atoms with van der Waals surface area (Å²) >= 11 is 0. The van der Waals surface area contributed by atoms with Crippen LogP contribution in [0.2, 0.25) is 39.3 Å². The Balaban J connectivity index is 1.61. The highest BCUT2D eigenvalue weighted by molar-refractivity contribution is 6.70. The van der Waals surface area contributed by atoms with Gasteiger partial charge in [-0.3, -0.25) is 0 Å². The Labute approximate surface area is 183 Å². The van der Waals surface area contributed by atoms with E-state index in [0.717, 1.165) is 23.7 Å². The van der Waals surface area contributed by atoms with E-state index in [-0.39, 0.29) is 0 Å². The van der Waals surface area contributed by atoms with Crippen molar-refractivity contribution in [2.45, 2.75) is 123 Å². The Hall–Kier alpha value is 0.354. The fraction of sp³-hybridized carbons (Fsp3) is 1.00. The second-order valence-corrected chi connectivity index (χ2v) is 22.6. The zero-order valence-corrected chi connectivity index (χ0v) is 22.6. The van der Waals surface area contributed by atoms with Crippen LogP contribution >= 0.6 is 0 Å². The fourth-order valence-electron chi connectivity index (χ4n) is 8.49. The van der Waals surface area contributed by atoms with E-state index in [9.17, 15) is 0 Å². The molecule has 0 aromatic carbocycles. The molecule has 4 aliphatic carbocycles. The molecule has 4 aliphatic rings. The van der Waals surface area contributed by atoms with Gasteiger partial charge in [0.25, 0.3) is 0 Å². The first kappa shape index (κ1) is 22.5. The molecule has 0 amide bonds. The highest BCUT2D eigenvalue weighted by atomic mass is 28.4. The van der Waals surface area contributed by atoms with Crippen molar-refractivity contribution < 1.29 is 8.85 Å². The second kappa shape index (κ2) is 7.45. The molecule has 0 spiro atoms. The van der Waals surface area contributed by atoms with Crippen LogP contribution in [0.3, 0.4) is 0 Å². The van der Waals surface area contributed by atoms with Crippen LogP contribution in [-0.4, -0.2) is 28.8 Å². The van der Waals surface area contributed by atoms with Crippen LogP contribution in [0.4, 0.5) is 0 Å². The molecule has 4 fully saturated rings. The van der Waals surface area contributed by atoms with E-state index in [1.165, 1.54) is 57.8 Å². The maximum atomic E-state index is 7.06. The molecule has 0 radical (unpaired) electrons. The molecule has 0 aromatic heterocycles. The monoisotopic (exact) mass is 436 g/mol. The third-order valence-electron chi connectivity index (χ3n) is 9.32. The summed E-state index contributed by atoms with van der Waals surface area (Å²) in [5.41, 5.74) is 1.02. The Morgan fingerprint density at radius 1 is 0.793 bits per heavy atom. The third-order valence-corrected chi connectivity index (χ3v) is 11.4. The van der Waals surface area contributed by atoms with E-state index in [1.807, 2.05) is 0 Å². The molecule has 8 atom stereocenters. The lowest BCUT2D eigenvalue weighted by atomic mass is 9.44. The van der Waals surface area contributed by atoms with Crippen LogP contribution in [0.25, 0.3) is 0 Å². The van der Waals surface area contributed by atoms with E-state index in [4.69, 9.17) is 8.85 Å². The average molecular weight is 437 g/mol. The van der Waals surface area contributed by atoms with E-state index in [0.29, 0.717) is 23.0 Å². The number of fused-ring (bicyclic) bond motifs is 5. The Morgan fingerprint density at radius 2 is 1.48 bits per heavy atom. The molecule has 4 saturated carbocycles. The maximum Gasteiger partial charge on any atom is 0.184 e. The maximum absolute atomic E-state index is 7.06. The summed E-state index contributed by atoms with van der Waals surface area (Å²) in [5, 5.41) is 0. The van der Waals surface area contributed by atoms with Crippen LogP contribution in [0.15, 0.2) is 0 Å². The zero-order valence-electron chi connectivity index (χ0n) is 20.6. The van der Waals surface area contributed by atoms with Crippen molar-refractivity contribution in [2.24, 2.45) is 34.5 Å². The predicted molar refractivity (Wildman–Crippen MR) is 128 cm³/mol. The largest absolute Gasteiger partial charge is 0.415 e. The first-order chi connectivity index (χ1) is 13.3. The minimum Gasteiger partial charge on any atom is -0.415 e. The van der Waals surface area contributed by atoms with Gasteiger partial charge < -0.3 is 8.85 Å². The first-order valence-electron chi connectivity index (χ1n) is 12.7. The van der Waals surface area contributed by atoms with Crippen molar-refractivity contribution in [1.29, 1.82) is 0 Å². The second-order valence-electron chi connectivity index (χ2n) is 13.7. The van der Waals surface area contributed by atoms with Gasteiger partial charge in [0.1, 0.15) is 0 Å². The molecule has 3 unspecified atom stereocenters. The van der Waals surface area contributed by atoms with Gasteiger partial charge in [-0.05, 0) is 125 Å². The van der Waals surface area contributed by atoms with Crippen molar-refractivity contribution in [2.75, 3.05) is 0 Å². The molecule has 0 bridgehead atoms. The molecule has 0 heterocycles. The van der Waals surface area contributed by atoms with Gasteiger partial charge in [0.15, 0.2) is 16.6 Å². The lowest BCUT2D eigenvalue weighted by Gasteiger charge is -2.63. The van der Waals surface area contributed by atoms with Crippen molar-refractivity contribution in [3.63, 3.8) is 0 Å². The predicted octanol–water partition coefficient (Wildman–Crippen LogP) is 7.47. The highest BCUT2D eigenvalue weighted by Crippen LogP contribution is 2.67. The van der Waals surface area contributed by atoms with E-state index in [1.54, 1.807) is 0 Å². The summed E-state index contributed by atoms with van der Waals surface area (Å²) in [6.45, 7) is 19.6. The van der Waals surface area contributed by atoms with Crippen LogP contribution in [0.1, 0.15) is 71.6 Å². The number of rotatable bonds is 4. The molecule has 2 nitrogen and oxygen atoms in total. The highest BCUT2D eigenvalue weighted by Gasteiger charge is 2.61. The molecular weight excluding hydrogens is 388 g/mol. The molecular formula is C25H48O2Si2. The van der Waals surface area contributed by atoms with Crippen molar-refractivity contribution >= 4 is 16.6 Å². The average Bonchev–Trinajstić information content (AvgIpc) is 2.93. The van der Waals surface area contributed by atoms with Gasteiger partial charge in [0, 0.05) is 12.2 Å². The summed E-state index contributed by atoms with van der Waals surface area (Å²) in [7, 11) is -3.00. The van der Waals surface area contributed by atoms with Crippen LogP contribution < -0.4 is 0 Å². The van der Waals surface area contributed by atoms with Gasteiger partial charge in [0.2, 0.25) is 0 Å². The van der Waals surface area contributed by atoms with Gasteiger partial charge in [0.05, 0.1) is 0 Å². The molecule has 0 N–H and O–H groups in total. The Kier molecular flexibility index (Phi) is 5.79. The molecule has 29 heavy (non-hydrogen) atoms. The number of hydrogen-bond donors (Lipinski definition) is 0. The molecule has 0 saturated heterocycles. The third kappa shape index (κ3) is 4.34. The van der Waals surface area contributed by atoms with Gasteiger partial charge >= 0.3 is 0 Å². The van der Waals surface area contributed by atoms with Gasteiger partial charge in [-0.1, -0.05) is 20.3 Å². The molecule has 4 rings (SSSR count). The number of hydrogen-bond acceptors (Lipinski definition) is 2.